The Kier molecular flexibility index (Phi) is 10.8. The van der Waals surface area contributed by atoms with E-state index in [4.69, 9.17) is 23.2 Å². The largest absolute Gasteiger partial charge is 0.322 e. The van der Waals surface area contributed by atoms with Crippen LogP contribution in [-0.4, -0.2) is 73.6 Å². The summed E-state index contributed by atoms with van der Waals surface area (Å²) < 4.78 is 0. The van der Waals surface area contributed by atoms with Crippen molar-refractivity contribution in [2.75, 3.05) is 58.2 Å². The van der Waals surface area contributed by atoms with Crippen LogP contribution in [0.2, 0.25) is 10.0 Å². The van der Waals surface area contributed by atoms with E-state index in [1.807, 2.05) is 7.05 Å². The predicted octanol–water partition coefficient (Wildman–Crippen LogP) is 5.88. The summed E-state index contributed by atoms with van der Waals surface area (Å²) in [6.45, 7) is 7.22. The van der Waals surface area contributed by atoms with E-state index in [0.29, 0.717) is 15.7 Å². The minimum absolute atomic E-state index is 0.0958. The van der Waals surface area contributed by atoms with Crippen molar-refractivity contribution in [1.29, 1.82) is 0 Å². The van der Waals surface area contributed by atoms with Gasteiger partial charge in [0.2, 0.25) is 0 Å². The number of likely N-dealkylation sites (N-methyl/N-ethyl adjacent to an activating group) is 1. The summed E-state index contributed by atoms with van der Waals surface area (Å²) in [6.07, 6.45) is 6.80. The third-order valence-electron chi connectivity index (χ3n) is 6.19. The molecule has 2 amide bonds. The van der Waals surface area contributed by atoms with Crippen molar-refractivity contribution in [3.05, 3.63) is 64.1 Å². The molecule has 2 aromatic rings. The van der Waals surface area contributed by atoms with E-state index in [1.54, 1.807) is 23.1 Å². The molecule has 2 fully saturated rings. The lowest BCUT2D eigenvalue weighted by molar-refractivity contribution is 0.164. The number of carbonyl (C=O) groups excluding carboxylic acids is 1. The number of anilines is 1. The van der Waals surface area contributed by atoms with E-state index in [0.717, 1.165) is 26.2 Å². The van der Waals surface area contributed by atoms with E-state index < -0.39 is 0 Å². The zero-order valence-corrected chi connectivity index (χ0v) is 21.1. The number of urea groups is 1. The molecule has 0 saturated carbocycles. The first-order valence-electron chi connectivity index (χ1n) is 12.0. The van der Waals surface area contributed by atoms with Crippen LogP contribution < -0.4 is 5.32 Å². The van der Waals surface area contributed by atoms with E-state index in [-0.39, 0.29) is 6.03 Å². The number of nitrogens with zero attached hydrogens (tertiary/aromatic N) is 3. The van der Waals surface area contributed by atoms with Gasteiger partial charge in [-0.3, -0.25) is 0 Å². The van der Waals surface area contributed by atoms with Crippen LogP contribution in [0.5, 0.6) is 0 Å². The van der Waals surface area contributed by atoms with Gasteiger partial charge in [0.25, 0.3) is 0 Å². The summed E-state index contributed by atoms with van der Waals surface area (Å²) in [5.41, 5.74) is 2.14. The Morgan fingerprint density at radius 2 is 1.58 bits per heavy atom. The number of rotatable bonds is 5. The summed E-state index contributed by atoms with van der Waals surface area (Å²) in [5.74, 6) is 0. The Labute approximate surface area is 208 Å². The first-order chi connectivity index (χ1) is 16.0. The van der Waals surface area contributed by atoms with E-state index >= 15 is 0 Å². The topological polar surface area (TPSA) is 38.8 Å². The number of piperidine rings is 1. The molecule has 0 bridgehead atoms. The maximum Gasteiger partial charge on any atom is 0.321 e. The van der Waals surface area contributed by atoms with Crippen LogP contribution in [0.1, 0.15) is 31.2 Å². The van der Waals surface area contributed by atoms with Crippen LogP contribution in [0.3, 0.4) is 0 Å². The fourth-order valence-corrected chi connectivity index (χ4v) is 4.42. The van der Waals surface area contributed by atoms with Gasteiger partial charge in [0.15, 0.2) is 0 Å². The SMILES string of the molecule is CN1CCN(C(=O)Nc2ccc(Cl)c(Cl)c2)CC1.c1ccc(CCCN2CCCCC2)cc1. The number of likely N-dealkylation sites (tertiary alicyclic amines) is 1. The smallest absolute Gasteiger partial charge is 0.321 e. The molecule has 2 heterocycles. The lowest BCUT2D eigenvalue weighted by atomic mass is 10.1. The van der Waals surface area contributed by atoms with Gasteiger partial charge in [0.05, 0.1) is 10.0 Å². The van der Waals surface area contributed by atoms with Crippen LogP contribution in [0.15, 0.2) is 48.5 Å². The van der Waals surface area contributed by atoms with Crippen LogP contribution in [0.25, 0.3) is 0 Å². The van der Waals surface area contributed by atoms with Gasteiger partial charge in [0, 0.05) is 31.9 Å². The summed E-state index contributed by atoms with van der Waals surface area (Å²) in [6, 6.07) is 15.8. The van der Waals surface area contributed by atoms with Crippen molar-refractivity contribution in [3.63, 3.8) is 0 Å². The molecule has 0 unspecified atom stereocenters. The standard InChI is InChI=1S/C14H21N.C12H15Cl2N3O/c1-3-8-14(9-4-1)10-7-13-15-11-5-2-6-12-15;1-16-4-6-17(7-5-16)12(18)15-9-2-3-10(13)11(14)8-9/h1,3-4,8-9H,2,5-7,10-13H2;2-3,8H,4-7H2,1H3,(H,15,18). The molecule has 0 atom stereocenters. The third-order valence-corrected chi connectivity index (χ3v) is 6.93. The third kappa shape index (κ3) is 9.17. The number of amides is 2. The molecule has 4 rings (SSSR count). The fraction of sp³-hybridized carbons (Fsp3) is 0.500. The summed E-state index contributed by atoms with van der Waals surface area (Å²) in [7, 11) is 2.05. The molecule has 5 nitrogen and oxygen atoms in total. The number of piperazine rings is 1. The average Bonchev–Trinajstić information content (AvgIpc) is 2.84. The molecule has 2 saturated heterocycles. The zero-order valence-electron chi connectivity index (χ0n) is 19.6. The highest BCUT2D eigenvalue weighted by Crippen LogP contribution is 2.25. The number of nitrogens with one attached hydrogen (secondary N) is 1. The first-order valence-corrected chi connectivity index (χ1v) is 12.7. The Morgan fingerprint density at radius 3 is 2.24 bits per heavy atom. The van der Waals surface area contributed by atoms with Crippen molar-refractivity contribution in [2.24, 2.45) is 0 Å². The highest BCUT2D eigenvalue weighted by Gasteiger charge is 2.19. The van der Waals surface area contributed by atoms with Crippen molar-refractivity contribution < 1.29 is 4.79 Å². The number of hydrogen-bond donors (Lipinski definition) is 1. The first kappa shape index (κ1) is 25.8. The number of aryl methyl sites for hydroxylation is 1. The minimum atomic E-state index is -0.0958. The highest BCUT2D eigenvalue weighted by atomic mass is 35.5. The molecule has 0 aliphatic carbocycles. The number of hydrogen-bond acceptors (Lipinski definition) is 3. The van der Waals surface area contributed by atoms with Gasteiger partial charge >= 0.3 is 6.03 Å². The summed E-state index contributed by atoms with van der Waals surface area (Å²) in [4.78, 5) is 18.6. The normalized spacial score (nSPS) is 17.2. The fourth-order valence-electron chi connectivity index (χ4n) is 4.12. The van der Waals surface area contributed by atoms with Crippen molar-refractivity contribution in [1.82, 2.24) is 14.7 Å². The highest BCUT2D eigenvalue weighted by molar-refractivity contribution is 6.42. The second kappa shape index (κ2) is 13.8. The molecule has 2 aliphatic heterocycles. The molecule has 7 heteroatoms. The van der Waals surface area contributed by atoms with Crippen LogP contribution >= 0.6 is 23.2 Å². The van der Waals surface area contributed by atoms with Gasteiger partial charge in [-0.15, -0.1) is 0 Å². The van der Waals surface area contributed by atoms with Gasteiger partial charge in [0.1, 0.15) is 0 Å². The molecule has 1 N–H and O–H groups in total. The number of carbonyl (C=O) groups is 1. The van der Waals surface area contributed by atoms with Crippen LogP contribution in [0.4, 0.5) is 10.5 Å². The van der Waals surface area contributed by atoms with E-state index in [9.17, 15) is 4.79 Å². The van der Waals surface area contributed by atoms with Crippen molar-refractivity contribution in [3.8, 4) is 0 Å². The van der Waals surface area contributed by atoms with Crippen molar-refractivity contribution >= 4 is 34.9 Å². The van der Waals surface area contributed by atoms with Gasteiger partial charge < -0.3 is 20.0 Å². The molecule has 2 aliphatic rings. The maximum atomic E-state index is 12.0. The zero-order chi connectivity index (χ0) is 23.5. The summed E-state index contributed by atoms with van der Waals surface area (Å²) in [5, 5.41) is 3.74. The van der Waals surface area contributed by atoms with E-state index in [2.05, 4.69) is 45.4 Å². The lowest BCUT2D eigenvalue weighted by Gasteiger charge is -2.32. The second-order valence-corrected chi connectivity index (χ2v) is 9.66. The van der Waals surface area contributed by atoms with Gasteiger partial charge in [-0.05, 0) is 76.1 Å². The van der Waals surface area contributed by atoms with Crippen molar-refractivity contribution in [2.45, 2.75) is 32.1 Å². The average molecular weight is 492 g/mol. The molecule has 0 aromatic heterocycles. The van der Waals surface area contributed by atoms with Gasteiger partial charge in [-0.1, -0.05) is 60.0 Å². The lowest BCUT2D eigenvalue weighted by Crippen LogP contribution is -2.48. The Hall–Kier alpha value is -1.79. The second-order valence-electron chi connectivity index (χ2n) is 8.84. The van der Waals surface area contributed by atoms with Crippen LogP contribution in [-0.2, 0) is 6.42 Å². The number of benzene rings is 2. The Bertz CT molecular complexity index is 851. The maximum absolute atomic E-state index is 12.0. The molecule has 0 radical (unpaired) electrons. The predicted molar refractivity (Wildman–Crippen MR) is 140 cm³/mol. The molecule has 0 spiro atoms. The molecule has 33 heavy (non-hydrogen) atoms. The quantitative estimate of drug-likeness (QED) is 0.568. The molecule has 2 aromatic carbocycles. The molecular formula is C26H36Cl2N4O. The van der Waals surface area contributed by atoms with Gasteiger partial charge in [-0.2, -0.15) is 0 Å². The van der Waals surface area contributed by atoms with E-state index in [1.165, 1.54) is 57.3 Å². The van der Waals surface area contributed by atoms with Crippen LogP contribution in [0, 0.1) is 0 Å². The molecule has 180 valence electrons. The minimum Gasteiger partial charge on any atom is -0.322 e. The summed E-state index contributed by atoms with van der Waals surface area (Å²) >= 11 is 11.7. The monoisotopic (exact) mass is 490 g/mol. The Morgan fingerprint density at radius 1 is 0.879 bits per heavy atom. The molecular weight excluding hydrogens is 455 g/mol. The number of halogens is 2. The Balaban J connectivity index is 0.000000189. The van der Waals surface area contributed by atoms with Gasteiger partial charge in [-0.25, -0.2) is 4.79 Å².